The molecule has 0 heterocycles. The maximum atomic E-state index is 12.5. The van der Waals surface area contributed by atoms with E-state index in [0.29, 0.717) is 6.10 Å². The van der Waals surface area contributed by atoms with E-state index in [-0.39, 0.29) is 11.6 Å². The Balaban J connectivity index is 1.09. The van der Waals surface area contributed by atoms with Gasteiger partial charge in [0.05, 0.1) is 12.3 Å². The zero-order chi connectivity index (χ0) is 21.1. The van der Waals surface area contributed by atoms with E-state index in [1.807, 2.05) is 24.3 Å². The first-order chi connectivity index (χ1) is 15.2. The summed E-state index contributed by atoms with van der Waals surface area (Å²) in [6.45, 7) is 0. The summed E-state index contributed by atoms with van der Waals surface area (Å²) in [5.41, 5.74) is 3.66. The Labute approximate surface area is 186 Å². The van der Waals surface area contributed by atoms with Crippen molar-refractivity contribution >= 4 is 12.2 Å². The third-order valence-electron chi connectivity index (χ3n) is 8.03. The maximum Gasteiger partial charge on any atom is 0.335 e. The lowest BCUT2D eigenvalue weighted by Gasteiger charge is -2.56. The Kier molecular flexibility index (Phi) is 6.20. The van der Waals surface area contributed by atoms with Gasteiger partial charge < -0.3 is 10.1 Å². The summed E-state index contributed by atoms with van der Waals surface area (Å²) in [5.74, 6) is 3.38. The van der Waals surface area contributed by atoms with Crippen LogP contribution in [0, 0.1) is 17.8 Å². The lowest BCUT2D eigenvalue weighted by Crippen LogP contribution is -2.61. The molecule has 5 heteroatoms. The average Bonchev–Trinajstić information content (AvgIpc) is 2.70. The van der Waals surface area contributed by atoms with E-state index in [2.05, 4.69) is 15.8 Å². The first-order valence-electron chi connectivity index (χ1n) is 12.5. The van der Waals surface area contributed by atoms with Gasteiger partial charge in [0, 0.05) is 5.54 Å². The van der Waals surface area contributed by atoms with Crippen LogP contribution in [-0.4, -0.2) is 23.9 Å². The summed E-state index contributed by atoms with van der Waals surface area (Å²) >= 11 is 0. The van der Waals surface area contributed by atoms with Crippen LogP contribution in [0.15, 0.2) is 29.4 Å². The molecule has 0 spiro atoms. The summed E-state index contributed by atoms with van der Waals surface area (Å²) in [6.07, 6.45) is 18.5. The van der Waals surface area contributed by atoms with Crippen LogP contribution in [0.4, 0.5) is 4.79 Å². The van der Waals surface area contributed by atoms with E-state index in [4.69, 9.17) is 4.74 Å². The largest absolute Gasteiger partial charge is 0.490 e. The smallest absolute Gasteiger partial charge is 0.335 e. The number of ether oxygens (including phenoxy) is 1. The second-order valence-electron chi connectivity index (χ2n) is 10.7. The molecule has 4 bridgehead atoms. The van der Waals surface area contributed by atoms with Crippen molar-refractivity contribution in [3.8, 4) is 5.75 Å². The predicted octanol–water partition coefficient (Wildman–Crippen LogP) is 5.78. The molecule has 5 aliphatic rings. The lowest BCUT2D eigenvalue weighted by atomic mass is 9.53. The zero-order valence-electron chi connectivity index (χ0n) is 18.7. The Bertz CT molecular complexity index is 745. The van der Waals surface area contributed by atoms with Gasteiger partial charge in [0.1, 0.15) is 5.75 Å². The number of amides is 2. The Morgan fingerprint density at radius 2 is 1.48 bits per heavy atom. The molecule has 31 heavy (non-hydrogen) atoms. The molecule has 2 N–H and O–H groups in total. The van der Waals surface area contributed by atoms with Crippen LogP contribution in [-0.2, 0) is 0 Å². The van der Waals surface area contributed by atoms with Crippen molar-refractivity contribution in [3.05, 3.63) is 29.8 Å². The van der Waals surface area contributed by atoms with E-state index in [1.165, 1.54) is 51.4 Å². The van der Waals surface area contributed by atoms with Crippen LogP contribution in [0.25, 0.3) is 0 Å². The molecule has 2 amide bonds. The number of hydrogen-bond donors (Lipinski definition) is 2. The molecule has 0 aromatic heterocycles. The first kappa shape index (κ1) is 20.8. The lowest BCUT2D eigenvalue weighted by molar-refractivity contribution is -0.0135. The molecular weight excluding hydrogens is 386 g/mol. The molecule has 0 atom stereocenters. The third-order valence-corrected chi connectivity index (χ3v) is 8.03. The average molecular weight is 424 g/mol. The van der Waals surface area contributed by atoms with Crippen molar-refractivity contribution in [2.45, 2.75) is 95.1 Å². The Morgan fingerprint density at radius 1 is 0.903 bits per heavy atom. The minimum Gasteiger partial charge on any atom is -0.490 e. The van der Waals surface area contributed by atoms with Gasteiger partial charge in [-0.1, -0.05) is 19.3 Å². The van der Waals surface area contributed by atoms with Crippen molar-refractivity contribution in [2.24, 2.45) is 22.9 Å². The fourth-order valence-corrected chi connectivity index (χ4v) is 7.06. The van der Waals surface area contributed by atoms with Crippen molar-refractivity contribution in [3.63, 3.8) is 0 Å². The van der Waals surface area contributed by atoms with Crippen molar-refractivity contribution < 1.29 is 9.53 Å². The number of hydrazone groups is 1. The van der Waals surface area contributed by atoms with E-state index >= 15 is 0 Å². The third kappa shape index (κ3) is 5.24. The number of urea groups is 1. The molecule has 5 saturated carbocycles. The number of hydrogen-bond acceptors (Lipinski definition) is 3. The molecule has 0 saturated heterocycles. The van der Waals surface area contributed by atoms with Crippen LogP contribution in [0.3, 0.4) is 0 Å². The number of carbonyl (C=O) groups excluding carboxylic acids is 1. The highest BCUT2D eigenvalue weighted by Crippen LogP contribution is 2.55. The molecule has 0 aliphatic heterocycles. The molecule has 6 rings (SSSR count). The highest BCUT2D eigenvalue weighted by molar-refractivity contribution is 5.82. The molecule has 0 radical (unpaired) electrons. The minimum atomic E-state index is -0.164. The summed E-state index contributed by atoms with van der Waals surface area (Å²) in [6, 6.07) is 7.86. The van der Waals surface area contributed by atoms with Crippen LogP contribution in [0.5, 0.6) is 5.75 Å². The number of carbonyl (C=O) groups is 1. The van der Waals surface area contributed by atoms with Gasteiger partial charge in [0.25, 0.3) is 0 Å². The van der Waals surface area contributed by atoms with Gasteiger partial charge in [-0.3, -0.25) is 0 Å². The van der Waals surface area contributed by atoms with Gasteiger partial charge in [-0.2, -0.15) is 5.10 Å². The monoisotopic (exact) mass is 423 g/mol. The Hall–Kier alpha value is -2.04. The van der Waals surface area contributed by atoms with Gasteiger partial charge in [-0.15, -0.1) is 0 Å². The number of nitrogens with zero attached hydrogens (tertiary/aromatic N) is 1. The van der Waals surface area contributed by atoms with Crippen molar-refractivity contribution in [1.29, 1.82) is 0 Å². The van der Waals surface area contributed by atoms with E-state index < -0.39 is 0 Å². The maximum absolute atomic E-state index is 12.5. The first-order valence-corrected chi connectivity index (χ1v) is 12.5. The molecule has 1 aromatic rings. The highest BCUT2D eigenvalue weighted by Gasteiger charge is 2.51. The topological polar surface area (TPSA) is 62.7 Å². The van der Waals surface area contributed by atoms with E-state index in [9.17, 15) is 4.79 Å². The second kappa shape index (κ2) is 9.22. The van der Waals surface area contributed by atoms with Gasteiger partial charge in [0.2, 0.25) is 0 Å². The molecule has 168 valence electrons. The van der Waals surface area contributed by atoms with Crippen LogP contribution >= 0.6 is 0 Å². The van der Waals surface area contributed by atoms with Crippen LogP contribution in [0.1, 0.15) is 89.0 Å². The van der Waals surface area contributed by atoms with Crippen molar-refractivity contribution in [2.75, 3.05) is 0 Å². The highest BCUT2D eigenvalue weighted by atomic mass is 16.5. The SMILES string of the molecule is O=C(NN=Cc1ccc(OC2CCCCCCC2)cc1)NC12CC3CC(CC(C3)C1)C2. The standard InChI is InChI=1S/C26H37N3O2/c30-25(28-26-15-20-12-21(16-26)14-22(13-20)17-26)29-27-18-19-8-10-24(11-9-19)31-23-6-4-2-1-3-5-7-23/h8-11,18,20-23H,1-7,12-17H2,(H2,28,29,30). The van der Waals surface area contributed by atoms with Gasteiger partial charge >= 0.3 is 6.03 Å². The molecule has 5 nitrogen and oxygen atoms in total. The van der Waals surface area contributed by atoms with E-state index in [1.54, 1.807) is 6.21 Å². The van der Waals surface area contributed by atoms with E-state index in [0.717, 1.165) is 61.2 Å². The molecule has 1 aromatic carbocycles. The van der Waals surface area contributed by atoms with Crippen LogP contribution < -0.4 is 15.5 Å². The quantitative estimate of drug-likeness (QED) is 0.466. The predicted molar refractivity (Wildman–Crippen MR) is 123 cm³/mol. The minimum absolute atomic E-state index is 0.0182. The summed E-state index contributed by atoms with van der Waals surface area (Å²) < 4.78 is 6.20. The molecular formula is C26H37N3O2. The van der Waals surface area contributed by atoms with Gasteiger partial charge in [-0.25, -0.2) is 10.2 Å². The Morgan fingerprint density at radius 3 is 2.10 bits per heavy atom. The van der Waals surface area contributed by atoms with Gasteiger partial charge in [0.15, 0.2) is 0 Å². The molecule has 5 aliphatic carbocycles. The molecule has 0 unspecified atom stereocenters. The second-order valence-corrected chi connectivity index (χ2v) is 10.7. The number of nitrogens with one attached hydrogen (secondary N) is 2. The summed E-state index contributed by atoms with van der Waals surface area (Å²) in [7, 11) is 0. The fraction of sp³-hybridized carbons (Fsp3) is 0.692. The normalized spacial score (nSPS) is 33.1. The summed E-state index contributed by atoms with van der Waals surface area (Å²) in [5, 5.41) is 7.47. The summed E-state index contributed by atoms with van der Waals surface area (Å²) in [4.78, 5) is 12.5. The molecule has 5 fully saturated rings. The zero-order valence-corrected chi connectivity index (χ0v) is 18.7. The van der Waals surface area contributed by atoms with Gasteiger partial charge in [-0.05, 0) is 112 Å². The van der Waals surface area contributed by atoms with Crippen LogP contribution in [0.2, 0.25) is 0 Å². The van der Waals surface area contributed by atoms with Crippen molar-refractivity contribution in [1.82, 2.24) is 10.7 Å². The fourth-order valence-electron chi connectivity index (χ4n) is 7.06. The number of rotatable bonds is 5. The number of benzene rings is 1.